The molecule has 9 heteroatoms. The Morgan fingerprint density at radius 2 is 2.11 bits per heavy atom. The lowest BCUT2D eigenvalue weighted by Gasteiger charge is -2.19. The lowest BCUT2D eigenvalue weighted by Crippen LogP contribution is -2.33. The van der Waals surface area contributed by atoms with E-state index in [2.05, 4.69) is 0 Å². The number of anilines is 1. The predicted molar refractivity (Wildman–Crippen MR) is 69.0 cm³/mol. The molecule has 1 rings (SSSR count). The number of nitrogens with zero attached hydrogens (tertiary/aromatic N) is 2. The second-order valence-corrected chi connectivity index (χ2v) is 5.61. The Balaban J connectivity index is 3.39. The van der Waals surface area contributed by atoms with E-state index >= 15 is 0 Å². The zero-order valence-corrected chi connectivity index (χ0v) is 11.1. The third kappa shape index (κ3) is 3.19. The maximum absolute atomic E-state index is 12.3. The van der Waals surface area contributed by atoms with Crippen molar-refractivity contribution in [1.82, 2.24) is 4.31 Å². The van der Waals surface area contributed by atoms with Gasteiger partial charge in [0.15, 0.2) is 4.90 Å². The first-order valence-corrected chi connectivity index (χ1v) is 6.93. The van der Waals surface area contributed by atoms with Crippen LogP contribution in [0.15, 0.2) is 23.1 Å². The fourth-order valence-electron chi connectivity index (χ4n) is 1.59. The van der Waals surface area contributed by atoms with Gasteiger partial charge in [0.2, 0.25) is 10.0 Å². The molecule has 3 N–H and O–H groups in total. The van der Waals surface area contributed by atoms with Gasteiger partial charge in [-0.1, -0.05) is 6.92 Å². The summed E-state index contributed by atoms with van der Waals surface area (Å²) in [6.07, 6.45) is 0. The first-order valence-electron chi connectivity index (χ1n) is 5.49. The molecule has 0 atom stereocenters. The molecule has 0 saturated heterocycles. The lowest BCUT2D eigenvalue weighted by atomic mass is 10.3. The number of nitro benzene ring substituents is 1. The highest BCUT2D eigenvalue weighted by molar-refractivity contribution is 7.89. The number of aliphatic hydroxyl groups is 1. The Bertz CT molecular complexity index is 573. The molecule has 1 aromatic carbocycles. The van der Waals surface area contributed by atoms with Crippen LogP contribution in [0.4, 0.5) is 11.4 Å². The Morgan fingerprint density at radius 1 is 1.47 bits per heavy atom. The zero-order chi connectivity index (χ0) is 14.6. The largest absolute Gasteiger partial charge is 0.399 e. The van der Waals surface area contributed by atoms with Gasteiger partial charge in [0.05, 0.1) is 11.5 Å². The number of sulfonamides is 1. The fourth-order valence-corrected chi connectivity index (χ4v) is 3.17. The summed E-state index contributed by atoms with van der Waals surface area (Å²) < 4.78 is 25.5. The van der Waals surface area contributed by atoms with Crippen LogP contribution in [-0.4, -0.2) is 42.4 Å². The average molecular weight is 289 g/mol. The molecule has 0 bridgehead atoms. The van der Waals surface area contributed by atoms with Crippen LogP contribution < -0.4 is 5.73 Å². The van der Waals surface area contributed by atoms with Gasteiger partial charge in [-0.05, 0) is 12.1 Å². The first-order chi connectivity index (χ1) is 8.84. The van der Waals surface area contributed by atoms with Crippen LogP contribution in [0.25, 0.3) is 0 Å². The maximum Gasteiger partial charge on any atom is 0.291 e. The van der Waals surface area contributed by atoms with Crippen LogP contribution >= 0.6 is 0 Å². The van der Waals surface area contributed by atoms with Crippen LogP contribution in [0.3, 0.4) is 0 Å². The molecule has 0 saturated carbocycles. The number of hydrogen-bond acceptors (Lipinski definition) is 6. The molecule has 0 aliphatic heterocycles. The molecule has 0 amide bonds. The van der Waals surface area contributed by atoms with E-state index in [1.807, 2.05) is 0 Å². The molecule has 0 aromatic heterocycles. The third-order valence-electron chi connectivity index (χ3n) is 2.50. The summed E-state index contributed by atoms with van der Waals surface area (Å²) >= 11 is 0. The molecule has 0 fully saturated rings. The number of likely N-dealkylation sites (N-methyl/N-ethyl adjacent to an activating group) is 1. The summed E-state index contributed by atoms with van der Waals surface area (Å²) in [4.78, 5) is 9.68. The fraction of sp³-hybridized carbons (Fsp3) is 0.400. The van der Waals surface area contributed by atoms with Crippen molar-refractivity contribution < 1.29 is 18.4 Å². The quantitative estimate of drug-likeness (QED) is 0.437. The minimum absolute atomic E-state index is 0.102. The highest BCUT2D eigenvalue weighted by Gasteiger charge is 2.30. The van der Waals surface area contributed by atoms with E-state index < -0.39 is 25.5 Å². The van der Waals surface area contributed by atoms with E-state index in [1.165, 1.54) is 6.07 Å². The van der Waals surface area contributed by atoms with Crippen LogP contribution in [0, 0.1) is 10.1 Å². The number of rotatable bonds is 6. The predicted octanol–water partition coefficient (Wildman–Crippen LogP) is 0.180. The number of nitrogens with two attached hydrogens (primary N) is 1. The van der Waals surface area contributed by atoms with E-state index in [0.29, 0.717) is 0 Å². The van der Waals surface area contributed by atoms with Gasteiger partial charge in [-0.2, -0.15) is 4.31 Å². The molecule has 0 aliphatic carbocycles. The summed E-state index contributed by atoms with van der Waals surface area (Å²) in [5.41, 5.74) is 4.96. The van der Waals surface area contributed by atoms with Crippen molar-refractivity contribution in [1.29, 1.82) is 0 Å². The monoisotopic (exact) mass is 289 g/mol. The first kappa shape index (κ1) is 15.3. The summed E-state index contributed by atoms with van der Waals surface area (Å²) in [5.74, 6) is 0. The van der Waals surface area contributed by atoms with E-state index in [1.54, 1.807) is 6.92 Å². The van der Waals surface area contributed by atoms with Crippen LogP contribution in [0.2, 0.25) is 0 Å². The molecule has 0 aliphatic rings. The summed E-state index contributed by atoms with van der Waals surface area (Å²) in [6.45, 7) is 1.19. The van der Waals surface area contributed by atoms with Gasteiger partial charge in [0.1, 0.15) is 0 Å². The molecule has 0 heterocycles. The summed E-state index contributed by atoms with van der Waals surface area (Å²) in [6, 6.07) is 3.38. The SMILES string of the molecule is CCN(CCO)S(=O)(=O)c1ccc(N)cc1[N+](=O)[O-]. The number of aliphatic hydroxyl groups excluding tert-OH is 1. The van der Waals surface area contributed by atoms with Gasteiger partial charge in [-0.15, -0.1) is 0 Å². The highest BCUT2D eigenvalue weighted by atomic mass is 32.2. The smallest absolute Gasteiger partial charge is 0.291 e. The molecule has 8 nitrogen and oxygen atoms in total. The summed E-state index contributed by atoms with van der Waals surface area (Å²) in [7, 11) is -4.03. The van der Waals surface area contributed by atoms with E-state index in [0.717, 1.165) is 16.4 Å². The molecule has 1 aromatic rings. The second-order valence-electron chi connectivity index (χ2n) is 3.70. The average Bonchev–Trinajstić information content (AvgIpc) is 2.35. The highest BCUT2D eigenvalue weighted by Crippen LogP contribution is 2.28. The molecule has 19 heavy (non-hydrogen) atoms. The number of nitro groups is 1. The minimum atomic E-state index is -4.03. The van der Waals surface area contributed by atoms with Gasteiger partial charge in [-0.3, -0.25) is 10.1 Å². The Morgan fingerprint density at radius 3 is 2.58 bits per heavy atom. The second kappa shape index (κ2) is 5.95. The van der Waals surface area contributed by atoms with Crippen LogP contribution in [0.5, 0.6) is 0 Å². The Hall–Kier alpha value is -1.71. The molecule has 106 valence electrons. The number of nitrogen functional groups attached to an aromatic ring is 1. The molecule has 0 radical (unpaired) electrons. The minimum Gasteiger partial charge on any atom is -0.399 e. The van der Waals surface area contributed by atoms with Crippen LogP contribution in [-0.2, 0) is 10.0 Å². The van der Waals surface area contributed by atoms with E-state index in [4.69, 9.17) is 10.8 Å². The molecule has 0 unspecified atom stereocenters. The van der Waals surface area contributed by atoms with Crippen molar-refractivity contribution >= 4 is 21.4 Å². The lowest BCUT2D eigenvalue weighted by molar-refractivity contribution is -0.387. The van der Waals surface area contributed by atoms with Crippen molar-refractivity contribution in [2.45, 2.75) is 11.8 Å². The van der Waals surface area contributed by atoms with Crippen molar-refractivity contribution in [3.05, 3.63) is 28.3 Å². The topological polar surface area (TPSA) is 127 Å². The van der Waals surface area contributed by atoms with E-state index in [-0.39, 0.29) is 25.4 Å². The maximum atomic E-state index is 12.3. The van der Waals surface area contributed by atoms with Crippen molar-refractivity contribution in [3.8, 4) is 0 Å². The Kier molecular flexibility index (Phi) is 4.81. The Labute approximate surface area is 110 Å². The van der Waals surface area contributed by atoms with Crippen molar-refractivity contribution in [3.63, 3.8) is 0 Å². The standard InChI is InChI=1S/C10H15N3O5S/c1-2-12(5-6-14)19(17,18)10-4-3-8(11)7-9(10)13(15)16/h3-4,7,14H,2,5-6,11H2,1H3. The molecule has 0 spiro atoms. The van der Waals surface area contributed by atoms with E-state index in [9.17, 15) is 18.5 Å². The van der Waals surface area contributed by atoms with Gasteiger partial charge < -0.3 is 10.8 Å². The van der Waals surface area contributed by atoms with Gasteiger partial charge in [-0.25, -0.2) is 8.42 Å². The van der Waals surface area contributed by atoms with Gasteiger partial charge >= 0.3 is 0 Å². The summed E-state index contributed by atoms with van der Waals surface area (Å²) in [5, 5.41) is 19.7. The van der Waals surface area contributed by atoms with Crippen molar-refractivity contribution in [2.75, 3.05) is 25.4 Å². The number of benzene rings is 1. The normalized spacial score (nSPS) is 11.7. The molecular formula is C10H15N3O5S. The van der Waals surface area contributed by atoms with Crippen LogP contribution in [0.1, 0.15) is 6.92 Å². The van der Waals surface area contributed by atoms with Crippen molar-refractivity contribution in [2.24, 2.45) is 0 Å². The third-order valence-corrected chi connectivity index (χ3v) is 4.52. The molecular weight excluding hydrogens is 274 g/mol. The van der Waals surface area contributed by atoms with Gasteiger partial charge in [0.25, 0.3) is 5.69 Å². The van der Waals surface area contributed by atoms with Gasteiger partial charge in [0, 0.05) is 24.8 Å². The zero-order valence-electron chi connectivity index (χ0n) is 10.3. The number of hydrogen-bond donors (Lipinski definition) is 2.